The van der Waals surface area contributed by atoms with E-state index in [1.54, 1.807) is 14.2 Å². The molecule has 5 nitrogen and oxygen atoms in total. The van der Waals surface area contributed by atoms with E-state index in [-0.39, 0.29) is 5.91 Å². The molecule has 0 bridgehead atoms. The van der Waals surface area contributed by atoms with Crippen molar-refractivity contribution in [2.24, 2.45) is 5.92 Å². The van der Waals surface area contributed by atoms with Gasteiger partial charge in [0.25, 0.3) is 0 Å². The number of piperidine rings is 1. The van der Waals surface area contributed by atoms with Crippen molar-refractivity contribution < 1.29 is 14.3 Å². The maximum atomic E-state index is 12.3. The van der Waals surface area contributed by atoms with Crippen LogP contribution in [0.15, 0.2) is 42.5 Å². The second-order valence-corrected chi connectivity index (χ2v) is 8.23. The molecule has 2 aromatic carbocycles. The van der Waals surface area contributed by atoms with Crippen molar-refractivity contribution >= 4 is 5.91 Å². The van der Waals surface area contributed by atoms with Crippen molar-refractivity contribution in [3.05, 3.63) is 59.2 Å². The van der Waals surface area contributed by atoms with E-state index in [1.165, 1.54) is 31.5 Å². The maximum absolute atomic E-state index is 12.3. The van der Waals surface area contributed by atoms with Gasteiger partial charge in [-0.2, -0.15) is 0 Å². The molecule has 0 aliphatic carbocycles. The molecule has 1 fully saturated rings. The molecule has 0 unspecified atom stereocenters. The summed E-state index contributed by atoms with van der Waals surface area (Å²) in [5.74, 6) is 2.22. The number of rotatable bonds is 9. The van der Waals surface area contributed by atoms with Crippen molar-refractivity contribution in [3.8, 4) is 11.5 Å². The molecule has 2 aromatic rings. The second-order valence-electron chi connectivity index (χ2n) is 8.23. The highest BCUT2D eigenvalue weighted by molar-refractivity contribution is 5.76. The summed E-state index contributed by atoms with van der Waals surface area (Å²) in [4.78, 5) is 14.9. The van der Waals surface area contributed by atoms with E-state index in [2.05, 4.69) is 41.4 Å². The molecule has 1 aliphatic rings. The first-order valence-electron chi connectivity index (χ1n) is 10.9. The zero-order valence-corrected chi connectivity index (χ0v) is 18.4. The Hall–Kier alpha value is -2.53. The third kappa shape index (κ3) is 6.23. The van der Waals surface area contributed by atoms with Crippen LogP contribution >= 0.6 is 0 Å². The molecule has 3 rings (SSSR count). The summed E-state index contributed by atoms with van der Waals surface area (Å²) in [5, 5.41) is 3.02. The van der Waals surface area contributed by atoms with Crippen molar-refractivity contribution in [2.75, 3.05) is 27.3 Å². The number of carbonyl (C=O) groups excluding carboxylic acids is 1. The Labute approximate surface area is 180 Å². The fourth-order valence-corrected chi connectivity index (χ4v) is 4.14. The van der Waals surface area contributed by atoms with Crippen LogP contribution in [0.5, 0.6) is 11.5 Å². The molecule has 0 spiro atoms. The SMILES string of the molecule is COc1cccc(CCC(=O)NCc2ccc(CN3CCC[C@H](C)C3)cc2)c1OC. The zero-order valence-electron chi connectivity index (χ0n) is 18.4. The standard InChI is InChI=1S/C25H34N2O3/c1-19-6-5-15-27(17-19)18-21-11-9-20(10-12-21)16-26-24(28)14-13-22-7-4-8-23(29-2)25(22)30-3/h4,7-12,19H,5-6,13-18H2,1-3H3,(H,26,28)/t19-/m0/s1. The summed E-state index contributed by atoms with van der Waals surface area (Å²) < 4.78 is 10.8. The van der Waals surface area contributed by atoms with Crippen molar-refractivity contribution in [2.45, 2.75) is 45.7 Å². The third-order valence-corrected chi connectivity index (χ3v) is 5.77. The van der Waals surface area contributed by atoms with Gasteiger partial charge in [-0.3, -0.25) is 9.69 Å². The van der Waals surface area contributed by atoms with E-state index in [0.717, 1.165) is 23.6 Å². The lowest BCUT2D eigenvalue weighted by atomic mass is 9.99. The Bertz CT molecular complexity index is 820. The minimum absolute atomic E-state index is 0.0336. The first-order chi connectivity index (χ1) is 14.6. The number of amides is 1. The van der Waals surface area contributed by atoms with Gasteiger partial charge in [0.15, 0.2) is 11.5 Å². The molecule has 162 valence electrons. The van der Waals surface area contributed by atoms with Crippen LogP contribution in [-0.4, -0.2) is 38.1 Å². The van der Waals surface area contributed by atoms with E-state index >= 15 is 0 Å². The first-order valence-corrected chi connectivity index (χ1v) is 10.9. The first kappa shape index (κ1) is 22.2. The van der Waals surface area contributed by atoms with E-state index < -0.39 is 0 Å². The Kier molecular flexibility index (Phi) is 8.14. The van der Waals surface area contributed by atoms with Crippen molar-refractivity contribution in [1.29, 1.82) is 0 Å². The lowest BCUT2D eigenvalue weighted by Gasteiger charge is -2.30. The minimum Gasteiger partial charge on any atom is -0.493 e. The number of nitrogens with one attached hydrogen (secondary N) is 1. The number of likely N-dealkylation sites (tertiary alicyclic amines) is 1. The maximum Gasteiger partial charge on any atom is 0.220 e. The number of para-hydroxylation sites is 1. The molecule has 0 radical (unpaired) electrons. The van der Waals surface area contributed by atoms with E-state index in [1.807, 2.05) is 18.2 Å². The fourth-order valence-electron chi connectivity index (χ4n) is 4.14. The van der Waals surface area contributed by atoms with Crippen molar-refractivity contribution in [1.82, 2.24) is 10.2 Å². The molecule has 1 saturated heterocycles. The number of aryl methyl sites for hydroxylation is 1. The molecule has 1 amide bonds. The summed E-state index contributed by atoms with van der Waals surface area (Å²) in [5.41, 5.74) is 3.44. The lowest BCUT2D eigenvalue weighted by Crippen LogP contribution is -2.33. The number of ether oxygens (including phenoxy) is 2. The predicted molar refractivity (Wildman–Crippen MR) is 120 cm³/mol. The highest BCUT2D eigenvalue weighted by atomic mass is 16.5. The van der Waals surface area contributed by atoms with Gasteiger partial charge >= 0.3 is 0 Å². The number of benzene rings is 2. The number of hydrogen-bond acceptors (Lipinski definition) is 4. The smallest absolute Gasteiger partial charge is 0.220 e. The quantitative estimate of drug-likeness (QED) is 0.674. The third-order valence-electron chi connectivity index (χ3n) is 5.77. The molecule has 0 aromatic heterocycles. The van der Waals surface area contributed by atoms with Crippen LogP contribution in [0.3, 0.4) is 0 Å². The Morgan fingerprint density at radius 1 is 1.10 bits per heavy atom. The number of hydrogen-bond donors (Lipinski definition) is 1. The van der Waals surface area contributed by atoms with Gasteiger partial charge in [-0.15, -0.1) is 0 Å². The van der Waals surface area contributed by atoms with Gasteiger partial charge in [-0.05, 0) is 54.5 Å². The number of methoxy groups -OCH3 is 2. The monoisotopic (exact) mass is 410 g/mol. The second kappa shape index (κ2) is 11.0. The lowest BCUT2D eigenvalue weighted by molar-refractivity contribution is -0.121. The normalized spacial score (nSPS) is 16.8. The summed E-state index contributed by atoms with van der Waals surface area (Å²) >= 11 is 0. The Morgan fingerprint density at radius 3 is 2.57 bits per heavy atom. The predicted octanol–water partition coefficient (Wildman–Crippen LogP) is 4.18. The molecule has 1 aliphatic heterocycles. The van der Waals surface area contributed by atoms with Gasteiger partial charge in [-0.1, -0.05) is 43.3 Å². The highest BCUT2D eigenvalue weighted by Gasteiger charge is 2.16. The summed E-state index contributed by atoms with van der Waals surface area (Å²) in [6.07, 6.45) is 3.67. The van der Waals surface area contributed by atoms with Crippen LogP contribution in [0.1, 0.15) is 42.9 Å². The molecule has 30 heavy (non-hydrogen) atoms. The van der Waals surface area contributed by atoms with Gasteiger partial charge in [-0.25, -0.2) is 0 Å². The Balaban J connectivity index is 1.45. The summed E-state index contributed by atoms with van der Waals surface area (Å²) in [7, 11) is 3.24. The molecule has 1 heterocycles. The van der Waals surface area contributed by atoms with Gasteiger partial charge in [0.1, 0.15) is 0 Å². The summed E-state index contributed by atoms with van der Waals surface area (Å²) in [6.45, 7) is 6.28. The van der Waals surface area contributed by atoms with Gasteiger partial charge in [0.2, 0.25) is 5.91 Å². The average molecular weight is 411 g/mol. The Morgan fingerprint density at radius 2 is 1.87 bits per heavy atom. The van der Waals surface area contributed by atoms with E-state index in [4.69, 9.17) is 9.47 Å². The molecular weight excluding hydrogens is 376 g/mol. The largest absolute Gasteiger partial charge is 0.493 e. The van der Waals surface area contributed by atoms with Crippen molar-refractivity contribution in [3.63, 3.8) is 0 Å². The topological polar surface area (TPSA) is 50.8 Å². The minimum atomic E-state index is 0.0336. The van der Waals surface area contributed by atoms with Gasteiger partial charge in [0.05, 0.1) is 14.2 Å². The number of carbonyl (C=O) groups is 1. The van der Waals surface area contributed by atoms with Crippen LogP contribution in [-0.2, 0) is 24.3 Å². The highest BCUT2D eigenvalue weighted by Crippen LogP contribution is 2.31. The average Bonchev–Trinajstić information content (AvgIpc) is 2.76. The molecular formula is C25H34N2O3. The van der Waals surface area contributed by atoms with Gasteiger partial charge in [0, 0.05) is 26.1 Å². The zero-order chi connectivity index (χ0) is 21.3. The van der Waals surface area contributed by atoms with Crippen LogP contribution in [0.4, 0.5) is 0 Å². The summed E-state index contributed by atoms with van der Waals surface area (Å²) in [6, 6.07) is 14.3. The fraction of sp³-hybridized carbons (Fsp3) is 0.480. The van der Waals surface area contributed by atoms with Crippen LogP contribution in [0.25, 0.3) is 0 Å². The van der Waals surface area contributed by atoms with E-state index in [9.17, 15) is 4.79 Å². The molecule has 0 saturated carbocycles. The molecule has 5 heteroatoms. The number of nitrogens with zero attached hydrogens (tertiary/aromatic N) is 1. The van der Waals surface area contributed by atoms with Crippen LogP contribution in [0, 0.1) is 5.92 Å². The van der Waals surface area contributed by atoms with Crippen LogP contribution in [0.2, 0.25) is 0 Å². The van der Waals surface area contributed by atoms with Gasteiger partial charge < -0.3 is 14.8 Å². The molecule has 1 atom stereocenters. The van der Waals surface area contributed by atoms with Crippen LogP contribution < -0.4 is 14.8 Å². The molecule has 1 N–H and O–H groups in total. The van der Waals surface area contributed by atoms with E-state index in [0.29, 0.717) is 30.9 Å².